The summed E-state index contributed by atoms with van der Waals surface area (Å²) in [5, 5.41) is 8.96. The third-order valence-electron chi connectivity index (χ3n) is 2.39. The minimum Gasteiger partial charge on any atom is -0.475 e. The summed E-state index contributed by atoms with van der Waals surface area (Å²) in [4.78, 5) is 15.1. The average molecular weight is 314 g/mol. The van der Waals surface area contributed by atoms with E-state index < -0.39 is 11.8 Å². The molecule has 94 valence electrons. The van der Waals surface area contributed by atoms with Crippen LogP contribution in [0.25, 0.3) is 11.5 Å². The highest BCUT2D eigenvalue weighted by molar-refractivity contribution is 9.10. The molecule has 0 aliphatic rings. The maximum Gasteiger partial charge on any atom is 0.373 e. The minimum atomic E-state index is -1.16. The number of aromatic nitrogens is 1. The van der Waals surface area contributed by atoms with Gasteiger partial charge in [-0.2, -0.15) is 0 Å². The van der Waals surface area contributed by atoms with E-state index in [1.807, 2.05) is 0 Å². The highest BCUT2D eigenvalue weighted by Crippen LogP contribution is 2.30. The summed E-state index contributed by atoms with van der Waals surface area (Å²) in [6.45, 7) is 1.79. The van der Waals surface area contributed by atoms with Gasteiger partial charge in [-0.25, -0.2) is 14.2 Å². The Bertz CT molecular complexity index is 609. The Hall–Kier alpha value is -1.69. The molecule has 0 aliphatic heterocycles. The van der Waals surface area contributed by atoms with Crippen molar-refractivity contribution in [2.75, 3.05) is 0 Å². The summed E-state index contributed by atoms with van der Waals surface area (Å²) in [7, 11) is 0. The quantitative estimate of drug-likeness (QED) is 0.942. The van der Waals surface area contributed by atoms with Crippen molar-refractivity contribution in [2.45, 2.75) is 13.3 Å². The standard InChI is InChI=1S/C12H9BrFNO3/c1-2-9-10(12(16)17)18-11(15-9)7-4-3-6(14)5-8(7)13/h3-5H,2H2,1H3,(H,16,17). The van der Waals surface area contributed by atoms with Crippen molar-refractivity contribution in [1.29, 1.82) is 0 Å². The fourth-order valence-electron chi connectivity index (χ4n) is 1.54. The van der Waals surface area contributed by atoms with Gasteiger partial charge in [0.2, 0.25) is 11.7 Å². The summed E-state index contributed by atoms with van der Waals surface area (Å²) in [6, 6.07) is 4.01. The van der Waals surface area contributed by atoms with Crippen molar-refractivity contribution in [3.63, 3.8) is 0 Å². The summed E-state index contributed by atoms with van der Waals surface area (Å²) >= 11 is 3.19. The van der Waals surface area contributed by atoms with Gasteiger partial charge in [0.15, 0.2) is 0 Å². The Morgan fingerprint density at radius 1 is 1.56 bits per heavy atom. The normalized spacial score (nSPS) is 10.6. The van der Waals surface area contributed by atoms with Crippen molar-refractivity contribution in [3.8, 4) is 11.5 Å². The lowest BCUT2D eigenvalue weighted by Gasteiger charge is -1.99. The molecule has 2 rings (SSSR count). The van der Waals surface area contributed by atoms with Crippen LogP contribution < -0.4 is 0 Å². The number of carboxylic acids is 1. The van der Waals surface area contributed by atoms with Crippen LogP contribution >= 0.6 is 15.9 Å². The molecule has 0 bridgehead atoms. The number of hydrogen-bond donors (Lipinski definition) is 1. The van der Waals surface area contributed by atoms with Gasteiger partial charge < -0.3 is 9.52 Å². The maximum absolute atomic E-state index is 13.0. The number of aryl methyl sites for hydroxylation is 1. The first-order valence-electron chi connectivity index (χ1n) is 5.21. The highest BCUT2D eigenvalue weighted by Gasteiger charge is 2.20. The molecule has 0 unspecified atom stereocenters. The molecule has 0 saturated heterocycles. The molecule has 0 fully saturated rings. The van der Waals surface area contributed by atoms with Gasteiger partial charge in [-0.3, -0.25) is 0 Å². The first-order valence-corrected chi connectivity index (χ1v) is 6.00. The van der Waals surface area contributed by atoms with Crippen LogP contribution in [0.1, 0.15) is 23.2 Å². The third-order valence-corrected chi connectivity index (χ3v) is 3.04. The van der Waals surface area contributed by atoms with Crippen molar-refractivity contribution in [3.05, 3.63) is 39.9 Å². The number of carbonyl (C=O) groups is 1. The number of aromatic carboxylic acids is 1. The van der Waals surface area contributed by atoms with Crippen LogP contribution in [-0.4, -0.2) is 16.1 Å². The molecule has 18 heavy (non-hydrogen) atoms. The van der Waals surface area contributed by atoms with Crippen LogP contribution in [0.15, 0.2) is 27.1 Å². The summed E-state index contributed by atoms with van der Waals surface area (Å²) in [5.74, 6) is -1.57. The Morgan fingerprint density at radius 2 is 2.28 bits per heavy atom. The summed E-state index contributed by atoms with van der Waals surface area (Å²) < 4.78 is 18.6. The molecule has 6 heteroatoms. The lowest BCUT2D eigenvalue weighted by Crippen LogP contribution is -1.98. The molecule has 1 aromatic carbocycles. The molecule has 1 heterocycles. The Kier molecular flexibility index (Phi) is 3.47. The lowest BCUT2D eigenvalue weighted by atomic mass is 10.2. The summed E-state index contributed by atoms with van der Waals surface area (Å²) in [5.41, 5.74) is 0.882. The van der Waals surface area contributed by atoms with Crippen LogP contribution in [0.5, 0.6) is 0 Å². The first-order chi connectivity index (χ1) is 8.52. The van der Waals surface area contributed by atoms with Crippen LogP contribution in [0.4, 0.5) is 4.39 Å². The average Bonchev–Trinajstić information content (AvgIpc) is 2.73. The second kappa shape index (κ2) is 4.89. The number of carboxylic acid groups (broad SMARTS) is 1. The SMILES string of the molecule is CCc1nc(-c2ccc(F)cc2Br)oc1C(=O)O. The zero-order valence-corrected chi connectivity index (χ0v) is 11.0. The number of hydrogen-bond acceptors (Lipinski definition) is 3. The second-order valence-electron chi connectivity index (χ2n) is 3.58. The van der Waals surface area contributed by atoms with E-state index in [9.17, 15) is 9.18 Å². The Morgan fingerprint density at radius 3 is 2.78 bits per heavy atom. The van der Waals surface area contributed by atoms with E-state index >= 15 is 0 Å². The van der Waals surface area contributed by atoms with E-state index in [2.05, 4.69) is 20.9 Å². The van der Waals surface area contributed by atoms with Crippen LogP contribution in [0.2, 0.25) is 0 Å². The predicted octanol–water partition coefficient (Wildman–Crippen LogP) is 3.50. The fourth-order valence-corrected chi connectivity index (χ4v) is 2.06. The largest absolute Gasteiger partial charge is 0.475 e. The van der Waals surface area contributed by atoms with Gasteiger partial charge in [0.25, 0.3) is 0 Å². The van der Waals surface area contributed by atoms with Crippen molar-refractivity contribution in [1.82, 2.24) is 4.98 Å². The van der Waals surface area contributed by atoms with Gasteiger partial charge in [0.05, 0.1) is 11.3 Å². The topological polar surface area (TPSA) is 63.3 Å². The first kappa shape index (κ1) is 12.8. The number of benzene rings is 1. The monoisotopic (exact) mass is 313 g/mol. The van der Waals surface area contributed by atoms with Crippen LogP contribution in [0, 0.1) is 5.82 Å². The van der Waals surface area contributed by atoms with E-state index in [0.29, 0.717) is 22.2 Å². The molecular weight excluding hydrogens is 305 g/mol. The fraction of sp³-hybridized carbons (Fsp3) is 0.167. The summed E-state index contributed by atoms with van der Waals surface area (Å²) in [6.07, 6.45) is 0.448. The van der Waals surface area contributed by atoms with Gasteiger partial charge in [-0.05, 0) is 40.5 Å². The van der Waals surface area contributed by atoms with Gasteiger partial charge in [0, 0.05) is 4.47 Å². The molecule has 0 amide bonds. The van der Waals surface area contributed by atoms with E-state index in [1.54, 1.807) is 6.92 Å². The Labute approximate surface area is 111 Å². The van der Waals surface area contributed by atoms with Gasteiger partial charge in [-0.15, -0.1) is 0 Å². The second-order valence-corrected chi connectivity index (χ2v) is 4.43. The van der Waals surface area contributed by atoms with E-state index in [0.717, 1.165) is 0 Å². The molecule has 4 nitrogen and oxygen atoms in total. The zero-order valence-electron chi connectivity index (χ0n) is 9.41. The Balaban J connectivity index is 2.54. The van der Waals surface area contributed by atoms with E-state index in [4.69, 9.17) is 9.52 Å². The molecule has 0 atom stereocenters. The molecule has 1 aromatic heterocycles. The van der Waals surface area contributed by atoms with Crippen molar-refractivity contribution < 1.29 is 18.7 Å². The number of halogens is 2. The van der Waals surface area contributed by atoms with Gasteiger partial charge in [-0.1, -0.05) is 6.92 Å². The number of oxazole rings is 1. The van der Waals surface area contributed by atoms with Gasteiger partial charge >= 0.3 is 5.97 Å². The van der Waals surface area contributed by atoms with Crippen molar-refractivity contribution >= 4 is 21.9 Å². The van der Waals surface area contributed by atoms with E-state index in [1.165, 1.54) is 18.2 Å². The van der Waals surface area contributed by atoms with Gasteiger partial charge in [0.1, 0.15) is 5.82 Å². The predicted molar refractivity (Wildman–Crippen MR) is 65.9 cm³/mol. The molecule has 0 radical (unpaired) electrons. The van der Waals surface area contributed by atoms with Crippen molar-refractivity contribution in [2.24, 2.45) is 0 Å². The zero-order chi connectivity index (χ0) is 13.3. The number of nitrogens with zero attached hydrogens (tertiary/aromatic N) is 1. The molecule has 0 spiro atoms. The highest BCUT2D eigenvalue weighted by atomic mass is 79.9. The minimum absolute atomic E-state index is 0.163. The lowest BCUT2D eigenvalue weighted by molar-refractivity contribution is 0.0662. The molecule has 0 aliphatic carbocycles. The molecule has 2 aromatic rings. The van der Waals surface area contributed by atoms with E-state index in [-0.39, 0.29) is 11.7 Å². The van der Waals surface area contributed by atoms with Crippen LogP contribution in [0.3, 0.4) is 0 Å². The molecular formula is C12H9BrFNO3. The van der Waals surface area contributed by atoms with Crippen LogP contribution in [-0.2, 0) is 6.42 Å². The third kappa shape index (κ3) is 2.28. The maximum atomic E-state index is 13.0. The number of rotatable bonds is 3. The molecule has 0 saturated carbocycles. The smallest absolute Gasteiger partial charge is 0.373 e. The molecule has 1 N–H and O–H groups in total.